The van der Waals surface area contributed by atoms with Crippen LogP contribution < -0.4 is 16.0 Å². The Balaban J connectivity index is 2.16. The van der Waals surface area contributed by atoms with E-state index in [4.69, 9.17) is 9.84 Å². The van der Waals surface area contributed by atoms with E-state index in [1.165, 1.54) is 7.11 Å². The lowest BCUT2D eigenvalue weighted by Crippen LogP contribution is -2.47. The van der Waals surface area contributed by atoms with Crippen molar-refractivity contribution in [1.82, 2.24) is 16.0 Å². The van der Waals surface area contributed by atoms with Gasteiger partial charge in [-0.25, -0.2) is 9.59 Å². The van der Waals surface area contributed by atoms with Gasteiger partial charge in [-0.1, -0.05) is 0 Å². The highest BCUT2D eigenvalue weighted by Gasteiger charge is 2.23. The number of urea groups is 1. The zero-order chi connectivity index (χ0) is 15.0. The molecule has 0 bridgehead atoms. The van der Waals surface area contributed by atoms with Gasteiger partial charge < -0.3 is 25.8 Å². The third-order valence-corrected chi connectivity index (χ3v) is 2.79. The van der Waals surface area contributed by atoms with Crippen molar-refractivity contribution in [3.63, 3.8) is 0 Å². The summed E-state index contributed by atoms with van der Waals surface area (Å²) in [7, 11) is 1.46. The maximum absolute atomic E-state index is 11.5. The normalized spacial score (nSPS) is 15.2. The summed E-state index contributed by atoms with van der Waals surface area (Å²) in [6.45, 7) is 0.405. The Kier molecular flexibility index (Phi) is 6.78. The maximum Gasteiger partial charge on any atom is 0.326 e. The van der Waals surface area contributed by atoms with Crippen LogP contribution in [0.4, 0.5) is 4.79 Å². The summed E-state index contributed by atoms with van der Waals surface area (Å²) >= 11 is 0. The van der Waals surface area contributed by atoms with E-state index >= 15 is 0 Å². The lowest BCUT2D eigenvalue weighted by atomic mass is 10.2. The molecule has 0 aromatic heterocycles. The van der Waals surface area contributed by atoms with Crippen LogP contribution in [-0.2, 0) is 14.3 Å². The lowest BCUT2D eigenvalue weighted by Gasteiger charge is -2.14. The fourth-order valence-electron chi connectivity index (χ4n) is 1.52. The number of rotatable bonds is 9. The molecule has 3 amide bonds. The summed E-state index contributed by atoms with van der Waals surface area (Å²) in [5.41, 5.74) is 0. The van der Waals surface area contributed by atoms with E-state index < -0.39 is 18.0 Å². The molecule has 1 atom stereocenters. The Morgan fingerprint density at radius 2 is 2.05 bits per heavy atom. The molecule has 4 N–H and O–H groups in total. The van der Waals surface area contributed by atoms with E-state index in [0.717, 1.165) is 12.8 Å². The Bertz CT molecular complexity index is 357. The van der Waals surface area contributed by atoms with Gasteiger partial charge in [0.25, 0.3) is 0 Å². The molecule has 8 heteroatoms. The third-order valence-electron chi connectivity index (χ3n) is 2.79. The second-order valence-electron chi connectivity index (χ2n) is 4.66. The van der Waals surface area contributed by atoms with Gasteiger partial charge >= 0.3 is 12.0 Å². The van der Waals surface area contributed by atoms with Crippen LogP contribution in [0.1, 0.15) is 25.7 Å². The van der Waals surface area contributed by atoms with Gasteiger partial charge in [0.15, 0.2) is 0 Å². The van der Waals surface area contributed by atoms with E-state index in [1.54, 1.807) is 0 Å². The molecule has 1 aliphatic carbocycles. The monoisotopic (exact) mass is 287 g/mol. The number of hydrogen-bond acceptors (Lipinski definition) is 4. The minimum atomic E-state index is -1.12. The van der Waals surface area contributed by atoms with Crippen LogP contribution in [0.15, 0.2) is 0 Å². The van der Waals surface area contributed by atoms with Crippen LogP contribution in [0, 0.1) is 0 Å². The second-order valence-corrected chi connectivity index (χ2v) is 4.66. The van der Waals surface area contributed by atoms with Gasteiger partial charge in [0.05, 0.1) is 0 Å². The molecule has 0 aromatic rings. The Morgan fingerprint density at radius 1 is 1.35 bits per heavy atom. The van der Waals surface area contributed by atoms with Gasteiger partial charge in [-0.15, -0.1) is 0 Å². The van der Waals surface area contributed by atoms with Crippen molar-refractivity contribution in [2.45, 2.75) is 37.8 Å². The fraction of sp³-hybridized carbons (Fsp3) is 0.750. The molecule has 0 heterocycles. The van der Waals surface area contributed by atoms with Crippen molar-refractivity contribution < 1.29 is 24.2 Å². The van der Waals surface area contributed by atoms with Crippen molar-refractivity contribution in [1.29, 1.82) is 0 Å². The number of nitrogens with one attached hydrogen (secondary N) is 3. The SMILES string of the molecule is COCCC(NC(=O)NCCC(=O)NC1CC1)C(=O)O. The summed E-state index contributed by atoms with van der Waals surface area (Å²) in [4.78, 5) is 33.7. The van der Waals surface area contributed by atoms with Crippen LogP contribution in [0.25, 0.3) is 0 Å². The first-order valence-corrected chi connectivity index (χ1v) is 6.58. The van der Waals surface area contributed by atoms with Crippen molar-refractivity contribution in [3.8, 4) is 0 Å². The molecule has 20 heavy (non-hydrogen) atoms. The van der Waals surface area contributed by atoms with Crippen LogP contribution in [-0.4, -0.2) is 55.4 Å². The number of carboxylic acids is 1. The Hall–Kier alpha value is -1.83. The number of carboxylic acid groups (broad SMARTS) is 1. The van der Waals surface area contributed by atoms with Gasteiger partial charge in [-0.05, 0) is 12.8 Å². The van der Waals surface area contributed by atoms with E-state index in [9.17, 15) is 14.4 Å². The molecule has 0 spiro atoms. The minimum Gasteiger partial charge on any atom is -0.480 e. The molecule has 1 aliphatic rings. The van der Waals surface area contributed by atoms with E-state index in [2.05, 4.69) is 16.0 Å². The quantitative estimate of drug-likeness (QED) is 0.454. The number of hydrogen-bond donors (Lipinski definition) is 4. The van der Waals surface area contributed by atoms with Crippen molar-refractivity contribution in [2.24, 2.45) is 0 Å². The second kappa shape index (κ2) is 8.36. The van der Waals surface area contributed by atoms with Crippen LogP contribution in [0.2, 0.25) is 0 Å². The predicted octanol–water partition coefficient (Wildman–Crippen LogP) is -0.556. The number of methoxy groups -OCH3 is 1. The largest absolute Gasteiger partial charge is 0.480 e. The Labute approximate surface area is 117 Å². The van der Waals surface area contributed by atoms with Crippen molar-refractivity contribution in [3.05, 3.63) is 0 Å². The molecule has 0 saturated heterocycles. The number of aliphatic carboxylic acids is 1. The fourth-order valence-corrected chi connectivity index (χ4v) is 1.52. The molecule has 0 aliphatic heterocycles. The summed E-state index contributed by atoms with van der Waals surface area (Å²) in [5.74, 6) is -1.23. The summed E-state index contributed by atoms with van der Waals surface area (Å²) in [5, 5.41) is 16.5. The molecule has 0 aromatic carbocycles. The third kappa shape index (κ3) is 6.93. The average molecular weight is 287 g/mol. The number of ether oxygens (including phenoxy) is 1. The molecule has 1 fully saturated rings. The maximum atomic E-state index is 11.5. The molecule has 8 nitrogen and oxygen atoms in total. The zero-order valence-corrected chi connectivity index (χ0v) is 11.5. The van der Waals surface area contributed by atoms with E-state index in [1.807, 2.05) is 0 Å². The predicted molar refractivity (Wildman–Crippen MR) is 70.2 cm³/mol. The molecule has 1 saturated carbocycles. The smallest absolute Gasteiger partial charge is 0.326 e. The van der Waals surface area contributed by atoms with Crippen molar-refractivity contribution in [2.75, 3.05) is 20.3 Å². The highest BCUT2D eigenvalue weighted by atomic mass is 16.5. The molecule has 0 radical (unpaired) electrons. The summed E-state index contributed by atoms with van der Waals surface area (Å²) in [6, 6.07) is -1.32. The van der Waals surface area contributed by atoms with Gasteiger partial charge in [0, 0.05) is 39.1 Å². The van der Waals surface area contributed by atoms with Gasteiger partial charge in [-0.2, -0.15) is 0 Å². The highest BCUT2D eigenvalue weighted by molar-refractivity contribution is 5.83. The van der Waals surface area contributed by atoms with E-state index in [-0.39, 0.29) is 31.9 Å². The lowest BCUT2D eigenvalue weighted by molar-refractivity contribution is -0.139. The zero-order valence-electron chi connectivity index (χ0n) is 11.5. The first kappa shape index (κ1) is 16.2. The van der Waals surface area contributed by atoms with Crippen LogP contribution >= 0.6 is 0 Å². The summed E-state index contributed by atoms with van der Waals surface area (Å²) < 4.78 is 4.77. The molecule has 1 rings (SSSR count). The van der Waals surface area contributed by atoms with Gasteiger partial charge in [-0.3, -0.25) is 4.79 Å². The van der Waals surface area contributed by atoms with Crippen LogP contribution in [0.5, 0.6) is 0 Å². The van der Waals surface area contributed by atoms with E-state index in [0.29, 0.717) is 6.04 Å². The van der Waals surface area contributed by atoms with Crippen LogP contribution in [0.3, 0.4) is 0 Å². The van der Waals surface area contributed by atoms with Gasteiger partial charge in [0.1, 0.15) is 6.04 Å². The number of carbonyl (C=O) groups excluding carboxylic acids is 2. The van der Waals surface area contributed by atoms with Crippen molar-refractivity contribution >= 4 is 17.9 Å². The first-order valence-electron chi connectivity index (χ1n) is 6.58. The summed E-state index contributed by atoms with van der Waals surface area (Å²) in [6.07, 6.45) is 2.39. The first-order chi connectivity index (χ1) is 9.52. The van der Waals surface area contributed by atoms with Gasteiger partial charge in [0.2, 0.25) is 5.91 Å². The molecular weight excluding hydrogens is 266 g/mol. The number of carbonyl (C=O) groups is 3. The topological polar surface area (TPSA) is 117 Å². The molecule has 1 unspecified atom stereocenters. The average Bonchev–Trinajstić information content (AvgIpc) is 3.17. The standard InChI is InChI=1S/C12H21N3O5/c1-20-7-5-9(11(17)18)15-12(19)13-6-4-10(16)14-8-2-3-8/h8-9H,2-7H2,1H3,(H,14,16)(H,17,18)(H2,13,15,19). The highest BCUT2D eigenvalue weighted by Crippen LogP contribution is 2.18. The molecular formula is C12H21N3O5. The minimum absolute atomic E-state index is 0.109. The molecule has 114 valence electrons. The Morgan fingerprint density at radius 3 is 2.60 bits per heavy atom. The number of amides is 3.